The highest BCUT2D eigenvalue weighted by atomic mass is 35.5. The first-order valence-electron chi connectivity index (χ1n) is 8.28. The quantitative estimate of drug-likeness (QED) is 0.918. The maximum Gasteiger partial charge on any atom is 0.226 e. The number of aryl methyl sites for hydroxylation is 2. The van der Waals surface area contributed by atoms with Gasteiger partial charge in [0.2, 0.25) is 5.91 Å². The van der Waals surface area contributed by atoms with Crippen LogP contribution in [0.2, 0.25) is 0 Å². The monoisotopic (exact) mass is 338 g/mol. The largest absolute Gasteiger partial charge is 0.493 e. The smallest absolute Gasteiger partial charge is 0.226 e. The van der Waals surface area contributed by atoms with Crippen molar-refractivity contribution < 1.29 is 9.53 Å². The molecule has 0 radical (unpaired) electrons. The highest BCUT2D eigenvalue weighted by molar-refractivity contribution is 5.85. The zero-order chi connectivity index (χ0) is 15.7. The van der Waals surface area contributed by atoms with Crippen LogP contribution in [0.4, 0.5) is 0 Å². The van der Waals surface area contributed by atoms with E-state index in [2.05, 4.69) is 13.0 Å². The Morgan fingerprint density at radius 1 is 1.30 bits per heavy atom. The molecule has 5 heteroatoms. The lowest BCUT2D eigenvalue weighted by Gasteiger charge is -2.19. The molecule has 3 rings (SSSR count). The van der Waals surface area contributed by atoms with Crippen LogP contribution >= 0.6 is 12.4 Å². The zero-order valence-electron chi connectivity index (χ0n) is 14.0. The van der Waals surface area contributed by atoms with E-state index in [9.17, 15) is 4.79 Å². The topological polar surface area (TPSA) is 55.6 Å². The molecule has 0 bridgehead atoms. The summed E-state index contributed by atoms with van der Waals surface area (Å²) >= 11 is 0. The van der Waals surface area contributed by atoms with Gasteiger partial charge in [-0.05, 0) is 50.2 Å². The SMILES string of the molecule is Cc1ccc(OCCC(=O)N2CC3CCC(N)C3C2)c(C)c1.Cl. The van der Waals surface area contributed by atoms with Gasteiger partial charge in [-0.1, -0.05) is 17.7 Å². The maximum atomic E-state index is 12.3. The molecule has 3 unspecified atom stereocenters. The Morgan fingerprint density at radius 3 is 2.78 bits per heavy atom. The molecule has 1 aromatic rings. The van der Waals surface area contributed by atoms with E-state index in [1.54, 1.807) is 0 Å². The van der Waals surface area contributed by atoms with Crippen LogP contribution in [0.3, 0.4) is 0 Å². The predicted octanol–water partition coefficient (Wildman–Crippen LogP) is 2.69. The van der Waals surface area contributed by atoms with Crippen molar-refractivity contribution in [2.45, 2.75) is 39.2 Å². The summed E-state index contributed by atoms with van der Waals surface area (Å²) in [5, 5.41) is 0. The number of hydrogen-bond acceptors (Lipinski definition) is 3. The van der Waals surface area contributed by atoms with Crippen LogP contribution in [-0.4, -0.2) is 36.5 Å². The van der Waals surface area contributed by atoms with Gasteiger partial charge in [-0.15, -0.1) is 12.4 Å². The first-order chi connectivity index (χ1) is 10.5. The van der Waals surface area contributed by atoms with Crippen LogP contribution in [-0.2, 0) is 4.79 Å². The highest BCUT2D eigenvalue weighted by Crippen LogP contribution is 2.37. The number of fused-ring (bicyclic) bond motifs is 1. The van der Waals surface area contributed by atoms with Crippen molar-refractivity contribution in [3.63, 3.8) is 0 Å². The summed E-state index contributed by atoms with van der Waals surface area (Å²) in [4.78, 5) is 14.3. The Morgan fingerprint density at radius 2 is 2.09 bits per heavy atom. The standard InChI is InChI=1S/C18H26N2O2.ClH/c1-12-3-6-17(13(2)9-12)22-8-7-18(21)20-10-14-4-5-16(19)15(14)11-20;/h3,6,9,14-16H,4-5,7-8,10-11,19H2,1-2H3;1H. The Kier molecular flexibility index (Phi) is 5.93. The Labute approximate surface area is 144 Å². The number of nitrogens with two attached hydrogens (primary N) is 1. The van der Waals surface area contributed by atoms with Crippen molar-refractivity contribution in [2.24, 2.45) is 17.6 Å². The molecule has 4 nitrogen and oxygen atoms in total. The van der Waals surface area contributed by atoms with E-state index < -0.39 is 0 Å². The maximum absolute atomic E-state index is 12.3. The zero-order valence-corrected chi connectivity index (χ0v) is 14.8. The number of ether oxygens (including phenoxy) is 1. The van der Waals surface area contributed by atoms with Crippen LogP contribution in [0.25, 0.3) is 0 Å². The van der Waals surface area contributed by atoms with Crippen LogP contribution in [0.15, 0.2) is 18.2 Å². The molecule has 2 aliphatic rings. The number of halogens is 1. The van der Waals surface area contributed by atoms with Gasteiger partial charge in [0.05, 0.1) is 13.0 Å². The lowest BCUT2D eigenvalue weighted by Crippen LogP contribution is -2.34. The number of nitrogens with zero attached hydrogens (tertiary/aromatic N) is 1. The molecular formula is C18H27ClN2O2. The van der Waals surface area contributed by atoms with Crippen LogP contribution in [0.5, 0.6) is 5.75 Å². The normalized spacial score (nSPS) is 25.9. The number of hydrogen-bond donors (Lipinski definition) is 1. The number of likely N-dealkylation sites (tertiary alicyclic amines) is 1. The van der Waals surface area contributed by atoms with E-state index in [4.69, 9.17) is 10.5 Å². The third-order valence-corrected chi connectivity index (χ3v) is 5.17. The van der Waals surface area contributed by atoms with Gasteiger partial charge in [0.25, 0.3) is 0 Å². The van der Waals surface area contributed by atoms with Gasteiger partial charge in [-0.2, -0.15) is 0 Å². The van der Waals surface area contributed by atoms with Crippen molar-refractivity contribution >= 4 is 18.3 Å². The molecule has 1 aliphatic carbocycles. The summed E-state index contributed by atoms with van der Waals surface area (Å²) in [6, 6.07) is 6.40. The van der Waals surface area contributed by atoms with Gasteiger partial charge in [0.1, 0.15) is 5.75 Å². The van der Waals surface area contributed by atoms with Crippen LogP contribution < -0.4 is 10.5 Å². The van der Waals surface area contributed by atoms with Crippen molar-refractivity contribution in [1.29, 1.82) is 0 Å². The fourth-order valence-corrected chi connectivity index (χ4v) is 3.88. The minimum absolute atomic E-state index is 0. The second-order valence-electron chi connectivity index (χ2n) is 6.83. The van der Waals surface area contributed by atoms with Gasteiger partial charge >= 0.3 is 0 Å². The minimum atomic E-state index is 0. The molecule has 2 N–H and O–H groups in total. The molecule has 128 valence electrons. The average Bonchev–Trinajstić information content (AvgIpc) is 3.04. The van der Waals surface area contributed by atoms with Gasteiger partial charge < -0.3 is 15.4 Å². The Hall–Kier alpha value is -1.26. The summed E-state index contributed by atoms with van der Waals surface area (Å²) in [6.45, 7) is 6.28. The lowest BCUT2D eigenvalue weighted by atomic mass is 9.98. The fraction of sp³-hybridized carbons (Fsp3) is 0.611. The molecule has 0 spiro atoms. The highest BCUT2D eigenvalue weighted by Gasteiger charge is 2.42. The summed E-state index contributed by atoms with van der Waals surface area (Å²) < 4.78 is 5.76. The molecule has 3 atom stereocenters. The molecule has 1 saturated heterocycles. The van der Waals surface area contributed by atoms with E-state index >= 15 is 0 Å². The molecule has 1 aromatic carbocycles. The van der Waals surface area contributed by atoms with Crippen molar-refractivity contribution in [3.05, 3.63) is 29.3 Å². The number of carbonyl (C=O) groups is 1. The van der Waals surface area contributed by atoms with Crippen molar-refractivity contribution in [1.82, 2.24) is 4.90 Å². The second kappa shape index (κ2) is 7.54. The molecule has 1 aliphatic heterocycles. The van der Waals surface area contributed by atoms with E-state index in [1.165, 1.54) is 12.0 Å². The first-order valence-corrected chi connectivity index (χ1v) is 8.28. The first kappa shape index (κ1) is 18.1. The number of amides is 1. The van der Waals surface area contributed by atoms with Gasteiger partial charge in [0.15, 0.2) is 0 Å². The average molecular weight is 339 g/mol. The summed E-state index contributed by atoms with van der Waals surface area (Å²) in [5.74, 6) is 2.22. The number of benzene rings is 1. The van der Waals surface area contributed by atoms with Crippen LogP contribution in [0, 0.1) is 25.7 Å². The third-order valence-electron chi connectivity index (χ3n) is 5.17. The second-order valence-corrected chi connectivity index (χ2v) is 6.83. The summed E-state index contributed by atoms with van der Waals surface area (Å²) in [7, 11) is 0. The third kappa shape index (κ3) is 3.99. The van der Waals surface area contributed by atoms with Crippen molar-refractivity contribution in [3.8, 4) is 5.75 Å². The molecule has 23 heavy (non-hydrogen) atoms. The number of rotatable bonds is 4. The van der Waals surface area contributed by atoms with Gasteiger partial charge in [-0.3, -0.25) is 4.79 Å². The molecule has 1 saturated carbocycles. The molecule has 1 amide bonds. The van der Waals surface area contributed by atoms with Gasteiger partial charge in [0, 0.05) is 19.1 Å². The fourth-order valence-electron chi connectivity index (χ4n) is 3.88. The van der Waals surface area contributed by atoms with E-state index in [0.29, 0.717) is 24.9 Å². The van der Waals surface area contributed by atoms with E-state index in [-0.39, 0.29) is 24.4 Å². The van der Waals surface area contributed by atoms with E-state index in [1.807, 2.05) is 24.0 Å². The summed E-state index contributed by atoms with van der Waals surface area (Å²) in [6.07, 6.45) is 2.74. The van der Waals surface area contributed by atoms with Crippen LogP contribution in [0.1, 0.15) is 30.4 Å². The lowest BCUT2D eigenvalue weighted by molar-refractivity contribution is -0.131. The molecular weight excluding hydrogens is 312 g/mol. The molecule has 1 heterocycles. The summed E-state index contributed by atoms with van der Waals surface area (Å²) in [5.41, 5.74) is 8.47. The van der Waals surface area contributed by atoms with Gasteiger partial charge in [-0.25, -0.2) is 0 Å². The predicted molar refractivity (Wildman–Crippen MR) is 94.0 cm³/mol. The molecule has 0 aromatic heterocycles. The Balaban J connectivity index is 0.00000192. The van der Waals surface area contributed by atoms with Crippen molar-refractivity contribution in [2.75, 3.05) is 19.7 Å². The molecule has 2 fully saturated rings. The Bertz CT molecular complexity index is 564. The number of carbonyl (C=O) groups excluding carboxylic acids is 1. The minimum Gasteiger partial charge on any atom is -0.493 e. The van der Waals surface area contributed by atoms with E-state index in [0.717, 1.165) is 30.8 Å².